The first-order valence-electron chi connectivity index (χ1n) is 19.9. The molecule has 4 aromatic heterocycles. The van der Waals surface area contributed by atoms with Crippen LogP contribution in [0.2, 0.25) is 0 Å². The molecule has 19 heteroatoms. The summed E-state index contributed by atoms with van der Waals surface area (Å²) >= 11 is 0. The Morgan fingerprint density at radius 3 is 2.14 bits per heavy atom. The lowest BCUT2D eigenvalue weighted by Gasteiger charge is -2.25. The molecular formula is C44H46F2N8O8S. The van der Waals surface area contributed by atoms with Crippen LogP contribution in [0.25, 0.3) is 27.8 Å². The van der Waals surface area contributed by atoms with Crippen molar-refractivity contribution >= 4 is 38.5 Å². The molecule has 1 amide bonds. The van der Waals surface area contributed by atoms with Crippen molar-refractivity contribution in [2.75, 3.05) is 11.8 Å². The van der Waals surface area contributed by atoms with E-state index in [1.165, 1.54) is 79.8 Å². The summed E-state index contributed by atoms with van der Waals surface area (Å²) in [6, 6.07) is 9.53. The number of hydrogen-bond acceptors (Lipinski definition) is 12. The summed E-state index contributed by atoms with van der Waals surface area (Å²) < 4.78 is 72.9. The van der Waals surface area contributed by atoms with E-state index in [-0.39, 0.29) is 41.0 Å². The Hall–Kier alpha value is -6.73. The third kappa shape index (κ3) is 10.8. The highest BCUT2D eigenvalue weighted by molar-refractivity contribution is 7.92. The molecule has 0 aliphatic carbocycles. The smallest absolute Gasteiger partial charge is 0.337 e. The normalized spacial score (nSPS) is 12.2. The molecule has 0 aliphatic heterocycles. The standard InChI is InChI=1S/C44H46F2N8O8S/c1-25(2)15-30(16-26(3)4)62-43(57)37(17-27-7-12-40(50-20-27)54-42(56)32-13-14-47-23-38(32)53(5)44(54)58)51-41(55)33-18-35(46)36(19-34(33)45)52-63(59,60)31-10-8-28(9-11-31)29-21-48-39(24-61-6)49-22-29/h7-14,18-23,25-26,30,37,52H,15-17,24H2,1-6H3,(H,51,55)/t37-/m0/s1. The number of amides is 1. The Balaban J connectivity index is 1.23. The molecule has 0 fully saturated rings. The molecule has 0 aliphatic rings. The van der Waals surface area contributed by atoms with E-state index in [4.69, 9.17) is 9.47 Å². The van der Waals surface area contributed by atoms with Crippen LogP contribution in [0.3, 0.4) is 0 Å². The maximum absolute atomic E-state index is 15.7. The first kappa shape index (κ1) is 45.8. The number of methoxy groups -OCH3 is 1. The van der Waals surface area contributed by atoms with E-state index < -0.39 is 68.2 Å². The number of ether oxygens (including phenoxy) is 2. The van der Waals surface area contributed by atoms with Crippen LogP contribution in [0.4, 0.5) is 14.5 Å². The summed E-state index contributed by atoms with van der Waals surface area (Å²) in [5.41, 5.74) is -0.979. The molecule has 2 N–H and O–H groups in total. The summed E-state index contributed by atoms with van der Waals surface area (Å²) in [7, 11) is -1.44. The van der Waals surface area contributed by atoms with Gasteiger partial charge in [0.15, 0.2) is 5.82 Å². The van der Waals surface area contributed by atoms with Gasteiger partial charge in [0, 0.05) is 57.0 Å². The SMILES string of the molecule is COCc1ncc(-c2ccc(S(=O)(=O)Nc3cc(F)c(C(=O)N[C@@H](Cc4ccc(-n5c(=O)c6ccncc6n(C)c5=O)nc4)C(=O)OC(CC(C)C)CC(C)C)cc3F)cc2)cn1. The fourth-order valence-electron chi connectivity index (χ4n) is 6.86. The summed E-state index contributed by atoms with van der Waals surface area (Å²) in [5.74, 6) is -3.83. The number of rotatable bonds is 17. The van der Waals surface area contributed by atoms with Crippen LogP contribution < -0.4 is 21.3 Å². The molecule has 0 bridgehead atoms. The quantitative estimate of drug-likeness (QED) is 0.109. The number of anilines is 1. The summed E-state index contributed by atoms with van der Waals surface area (Å²) in [6.07, 6.45) is 7.52. The summed E-state index contributed by atoms with van der Waals surface area (Å²) in [5, 5.41) is 2.69. The third-order valence-electron chi connectivity index (χ3n) is 9.91. The van der Waals surface area contributed by atoms with Crippen LogP contribution in [0, 0.1) is 23.5 Å². The van der Waals surface area contributed by atoms with Gasteiger partial charge >= 0.3 is 11.7 Å². The zero-order chi connectivity index (χ0) is 45.6. The van der Waals surface area contributed by atoms with Gasteiger partial charge in [0.1, 0.15) is 36.2 Å². The lowest BCUT2D eigenvalue weighted by atomic mass is 9.97. The average Bonchev–Trinajstić information content (AvgIpc) is 3.24. The minimum absolute atomic E-state index is 0.00946. The van der Waals surface area contributed by atoms with Gasteiger partial charge in [-0.25, -0.2) is 46.3 Å². The molecule has 0 spiro atoms. The maximum Gasteiger partial charge on any atom is 0.337 e. The molecule has 0 unspecified atom stereocenters. The number of esters is 1. The van der Waals surface area contributed by atoms with Gasteiger partial charge in [0.2, 0.25) is 0 Å². The molecule has 6 aromatic rings. The van der Waals surface area contributed by atoms with Crippen molar-refractivity contribution in [2.24, 2.45) is 18.9 Å². The molecule has 16 nitrogen and oxygen atoms in total. The number of carbonyl (C=O) groups is 2. The van der Waals surface area contributed by atoms with Crippen molar-refractivity contribution in [3.05, 3.63) is 135 Å². The van der Waals surface area contributed by atoms with Crippen LogP contribution in [0.1, 0.15) is 62.3 Å². The van der Waals surface area contributed by atoms with E-state index in [0.29, 0.717) is 53.0 Å². The van der Waals surface area contributed by atoms with Crippen LogP contribution in [0.5, 0.6) is 0 Å². The van der Waals surface area contributed by atoms with E-state index in [9.17, 15) is 27.6 Å². The van der Waals surface area contributed by atoms with Gasteiger partial charge in [-0.3, -0.25) is 23.9 Å². The van der Waals surface area contributed by atoms with Crippen molar-refractivity contribution in [3.8, 4) is 16.9 Å². The summed E-state index contributed by atoms with van der Waals surface area (Å²) in [6.45, 7) is 8.09. The Morgan fingerprint density at radius 1 is 0.841 bits per heavy atom. The molecule has 0 saturated heterocycles. The van der Waals surface area contributed by atoms with Gasteiger partial charge in [0.05, 0.1) is 33.2 Å². The largest absolute Gasteiger partial charge is 0.461 e. The Kier molecular flexibility index (Phi) is 14.2. The molecule has 63 heavy (non-hydrogen) atoms. The second kappa shape index (κ2) is 19.5. The van der Waals surface area contributed by atoms with Crippen LogP contribution >= 0.6 is 0 Å². The van der Waals surface area contributed by atoms with Crippen molar-refractivity contribution in [2.45, 2.75) is 70.6 Å². The monoisotopic (exact) mass is 884 g/mol. The number of hydrogen-bond donors (Lipinski definition) is 2. The van der Waals surface area contributed by atoms with Crippen molar-refractivity contribution in [1.29, 1.82) is 0 Å². The fourth-order valence-corrected chi connectivity index (χ4v) is 7.92. The molecule has 1 atom stereocenters. The molecule has 0 radical (unpaired) electrons. The number of halogens is 2. The first-order valence-corrected chi connectivity index (χ1v) is 21.4. The Bertz CT molecular complexity index is 2840. The van der Waals surface area contributed by atoms with Crippen molar-refractivity contribution in [1.82, 2.24) is 34.4 Å². The molecule has 4 heterocycles. The van der Waals surface area contributed by atoms with E-state index in [2.05, 4.69) is 25.3 Å². The highest BCUT2D eigenvalue weighted by Crippen LogP contribution is 2.26. The lowest BCUT2D eigenvalue weighted by Crippen LogP contribution is -2.45. The summed E-state index contributed by atoms with van der Waals surface area (Å²) in [4.78, 5) is 70.5. The highest BCUT2D eigenvalue weighted by atomic mass is 32.2. The van der Waals surface area contributed by atoms with Gasteiger partial charge < -0.3 is 14.8 Å². The van der Waals surface area contributed by atoms with Crippen molar-refractivity contribution in [3.63, 3.8) is 0 Å². The van der Waals surface area contributed by atoms with Gasteiger partial charge in [0.25, 0.3) is 21.5 Å². The fraction of sp³-hybridized carbons (Fsp3) is 0.318. The number of nitrogens with one attached hydrogen (secondary N) is 2. The second-order valence-electron chi connectivity index (χ2n) is 15.7. The Labute approximate surface area is 361 Å². The number of pyridine rings is 2. The molecule has 330 valence electrons. The zero-order valence-corrected chi connectivity index (χ0v) is 36.2. The second-order valence-corrected chi connectivity index (χ2v) is 17.4. The highest BCUT2D eigenvalue weighted by Gasteiger charge is 2.29. The molecule has 6 rings (SSSR count). The molecular weight excluding hydrogens is 839 g/mol. The average molecular weight is 885 g/mol. The zero-order valence-electron chi connectivity index (χ0n) is 35.3. The minimum atomic E-state index is -4.44. The van der Waals surface area contributed by atoms with Gasteiger partial charge in [-0.1, -0.05) is 45.9 Å². The lowest BCUT2D eigenvalue weighted by molar-refractivity contribution is -0.153. The number of aromatic nitrogens is 6. The van der Waals surface area contributed by atoms with E-state index in [1.807, 2.05) is 32.4 Å². The van der Waals surface area contributed by atoms with Crippen LogP contribution in [-0.4, -0.2) is 68.6 Å². The number of benzene rings is 2. The predicted octanol–water partition coefficient (Wildman–Crippen LogP) is 5.51. The number of fused-ring (bicyclic) bond motifs is 1. The Morgan fingerprint density at radius 2 is 1.52 bits per heavy atom. The first-order chi connectivity index (χ1) is 29.9. The maximum atomic E-state index is 15.7. The molecule has 0 saturated carbocycles. The van der Waals surface area contributed by atoms with Gasteiger partial charge in [-0.05, 0) is 66.1 Å². The van der Waals surface area contributed by atoms with Gasteiger partial charge in [-0.2, -0.15) is 0 Å². The molecule has 2 aromatic carbocycles. The number of nitrogens with zero attached hydrogens (tertiary/aromatic N) is 6. The number of carbonyl (C=O) groups excluding carboxylic acids is 2. The minimum Gasteiger partial charge on any atom is -0.461 e. The van der Waals surface area contributed by atoms with E-state index >= 15 is 8.78 Å². The number of sulfonamides is 1. The van der Waals surface area contributed by atoms with Crippen molar-refractivity contribution < 1.29 is 36.3 Å². The third-order valence-corrected chi connectivity index (χ3v) is 11.3. The van der Waals surface area contributed by atoms with Crippen LogP contribution in [-0.2, 0) is 44.4 Å². The van der Waals surface area contributed by atoms with E-state index in [1.54, 1.807) is 12.4 Å². The topological polar surface area (TPSA) is 206 Å². The predicted molar refractivity (Wildman–Crippen MR) is 229 cm³/mol. The van der Waals surface area contributed by atoms with Crippen LogP contribution in [0.15, 0.2) is 100 Å². The van der Waals surface area contributed by atoms with Gasteiger partial charge in [-0.15, -0.1) is 0 Å². The van der Waals surface area contributed by atoms with E-state index in [0.717, 1.165) is 4.57 Å². The number of aryl methyl sites for hydroxylation is 1.